The van der Waals surface area contributed by atoms with Gasteiger partial charge in [-0.2, -0.15) is 4.39 Å². The summed E-state index contributed by atoms with van der Waals surface area (Å²) in [5.74, 6) is -0.289. The topological polar surface area (TPSA) is 12.9 Å². The van der Waals surface area contributed by atoms with Gasteiger partial charge in [0, 0.05) is 5.92 Å². The van der Waals surface area contributed by atoms with E-state index in [1.54, 1.807) is 0 Å². The summed E-state index contributed by atoms with van der Waals surface area (Å²) in [5.41, 5.74) is 0. The Labute approximate surface area is 67.9 Å². The molecule has 0 aliphatic carbocycles. The Hall–Kier alpha value is -0.150. The van der Waals surface area contributed by atoms with Gasteiger partial charge in [0.05, 0.1) is 5.01 Å². The van der Waals surface area contributed by atoms with Crippen LogP contribution in [0.1, 0.15) is 24.8 Å². The second-order valence-electron chi connectivity index (χ2n) is 2.27. The maximum atomic E-state index is 12.5. The van der Waals surface area contributed by atoms with Gasteiger partial charge in [-0.15, -0.1) is 11.3 Å². The van der Waals surface area contributed by atoms with Crippen LogP contribution >= 0.6 is 22.9 Å². The summed E-state index contributed by atoms with van der Waals surface area (Å²) < 4.78 is 12.6. The first-order valence-electron chi connectivity index (χ1n) is 2.93. The lowest BCUT2D eigenvalue weighted by Crippen LogP contribution is -1.84. The van der Waals surface area contributed by atoms with E-state index in [1.165, 1.54) is 11.3 Å². The number of rotatable bonds is 1. The summed E-state index contributed by atoms with van der Waals surface area (Å²) in [5, 5.41) is 0.752. The number of nitrogens with zero attached hydrogens (tertiary/aromatic N) is 1. The van der Waals surface area contributed by atoms with Gasteiger partial charge in [0.1, 0.15) is 4.34 Å². The highest BCUT2D eigenvalue weighted by Gasteiger charge is 2.10. The van der Waals surface area contributed by atoms with Crippen LogP contribution in [0, 0.1) is 5.95 Å². The van der Waals surface area contributed by atoms with E-state index in [2.05, 4.69) is 4.98 Å². The molecule has 1 aromatic heterocycles. The molecule has 0 bridgehead atoms. The highest BCUT2D eigenvalue weighted by molar-refractivity contribution is 7.15. The molecule has 0 N–H and O–H groups in total. The fourth-order valence-corrected chi connectivity index (χ4v) is 1.50. The van der Waals surface area contributed by atoms with Gasteiger partial charge >= 0.3 is 0 Å². The van der Waals surface area contributed by atoms with Crippen LogP contribution in [0.15, 0.2) is 0 Å². The number of thiazole rings is 1. The molecule has 0 aromatic carbocycles. The Bertz CT molecular complexity index is 214. The number of halogens is 2. The van der Waals surface area contributed by atoms with Crippen LogP contribution in [0.2, 0.25) is 4.34 Å². The summed E-state index contributed by atoms with van der Waals surface area (Å²) in [7, 11) is 0. The Morgan fingerprint density at radius 3 is 2.40 bits per heavy atom. The second kappa shape index (κ2) is 2.84. The predicted octanol–water partition coefficient (Wildman–Crippen LogP) is 3.06. The fraction of sp³-hybridized carbons (Fsp3) is 0.500. The van der Waals surface area contributed by atoms with E-state index in [0.29, 0.717) is 0 Å². The van der Waals surface area contributed by atoms with Crippen LogP contribution in [0.5, 0.6) is 0 Å². The molecule has 0 unspecified atom stereocenters. The first kappa shape index (κ1) is 7.95. The lowest BCUT2D eigenvalue weighted by molar-refractivity contribution is 0.584. The van der Waals surface area contributed by atoms with Crippen LogP contribution in [0.4, 0.5) is 4.39 Å². The van der Waals surface area contributed by atoms with Crippen molar-refractivity contribution in [1.29, 1.82) is 0 Å². The molecule has 1 aromatic rings. The molecule has 1 rings (SSSR count). The molecular formula is C6H7ClFNS. The van der Waals surface area contributed by atoms with Crippen molar-refractivity contribution in [2.24, 2.45) is 0 Å². The van der Waals surface area contributed by atoms with Gasteiger partial charge in [-0.1, -0.05) is 25.4 Å². The summed E-state index contributed by atoms with van der Waals surface area (Å²) in [6.45, 7) is 3.91. The van der Waals surface area contributed by atoms with Crippen molar-refractivity contribution in [1.82, 2.24) is 4.98 Å². The number of hydrogen-bond acceptors (Lipinski definition) is 2. The second-order valence-corrected chi connectivity index (χ2v) is 3.90. The summed E-state index contributed by atoms with van der Waals surface area (Å²) in [6.07, 6.45) is 0. The molecule has 0 aliphatic rings. The van der Waals surface area contributed by atoms with Gasteiger partial charge in [0.15, 0.2) is 0 Å². The van der Waals surface area contributed by atoms with E-state index in [-0.39, 0.29) is 10.3 Å². The molecular weight excluding hydrogens is 173 g/mol. The Kier molecular flexibility index (Phi) is 2.26. The van der Waals surface area contributed by atoms with Gasteiger partial charge in [0.2, 0.25) is 5.95 Å². The molecule has 10 heavy (non-hydrogen) atoms. The average molecular weight is 180 g/mol. The van der Waals surface area contributed by atoms with E-state index < -0.39 is 5.95 Å². The molecule has 1 heterocycles. The minimum Gasteiger partial charge on any atom is -0.212 e. The number of aromatic nitrogens is 1. The minimum absolute atomic E-state index is 0.156. The molecule has 0 saturated heterocycles. The molecule has 0 amide bonds. The van der Waals surface area contributed by atoms with E-state index in [0.717, 1.165) is 5.01 Å². The van der Waals surface area contributed by atoms with Crippen molar-refractivity contribution in [3.05, 3.63) is 15.3 Å². The summed E-state index contributed by atoms with van der Waals surface area (Å²) in [4.78, 5) is 3.63. The standard InChI is InChI=1S/C6H7ClFNS/c1-3(2)6-9-5(8)4(7)10-6/h3H,1-2H3. The van der Waals surface area contributed by atoms with Gasteiger partial charge in [-0.05, 0) is 0 Å². The van der Waals surface area contributed by atoms with Gasteiger partial charge in [-0.3, -0.25) is 0 Å². The number of hydrogen-bond donors (Lipinski definition) is 0. The molecule has 1 nitrogen and oxygen atoms in total. The van der Waals surface area contributed by atoms with Crippen LogP contribution in [0.3, 0.4) is 0 Å². The van der Waals surface area contributed by atoms with E-state index in [4.69, 9.17) is 11.6 Å². The van der Waals surface area contributed by atoms with Crippen molar-refractivity contribution in [3.63, 3.8) is 0 Å². The Balaban J connectivity index is 2.98. The van der Waals surface area contributed by atoms with Gasteiger partial charge < -0.3 is 0 Å². The first-order chi connectivity index (χ1) is 4.61. The molecule has 0 fully saturated rings. The van der Waals surface area contributed by atoms with Crippen molar-refractivity contribution >= 4 is 22.9 Å². The van der Waals surface area contributed by atoms with Crippen LogP contribution in [-0.2, 0) is 0 Å². The zero-order chi connectivity index (χ0) is 7.72. The van der Waals surface area contributed by atoms with Crippen molar-refractivity contribution in [3.8, 4) is 0 Å². The monoisotopic (exact) mass is 179 g/mol. The van der Waals surface area contributed by atoms with E-state index >= 15 is 0 Å². The molecule has 0 spiro atoms. The quantitative estimate of drug-likeness (QED) is 0.646. The van der Waals surface area contributed by atoms with Gasteiger partial charge in [-0.25, -0.2) is 4.98 Å². The zero-order valence-corrected chi connectivity index (χ0v) is 7.26. The predicted molar refractivity (Wildman–Crippen MR) is 41.2 cm³/mol. The first-order valence-corrected chi connectivity index (χ1v) is 4.12. The smallest absolute Gasteiger partial charge is 0.212 e. The van der Waals surface area contributed by atoms with Crippen molar-refractivity contribution in [2.75, 3.05) is 0 Å². The Morgan fingerprint density at radius 2 is 2.20 bits per heavy atom. The third-order valence-corrected chi connectivity index (χ3v) is 2.57. The average Bonchev–Trinajstić information content (AvgIpc) is 2.13. The molecule has 0 radical (unpaired) electrons. The highest BCUT2D eigenvalue weighted by atomic mass is 35.5. The van der Waals surface area contributed by atoms with Crippen molar-refractivity contribution in [2.45, 2.75) is 19.8 Å². The Morgan fingerprint density at radius 1 is 1.60 bits per heavy atom. The fourth-order valence-electron chi connectivity index (χ4n) is 0.544. The molecule has 0 atom stereocenters. The summed E-state index contributed by atoms with van der Waals surface area (Å²) >= 11 is 6.66. The molecule has 0 saturated carbocycles. The third-order valence-electron chi connectivity index (χ3n) is 1.06. The largest absolute Gasteiger partial charge is 0.242 e. The maximum absolute atomic E-state index is 12.5. The van der Waals surface area contributed by atoms with Crippen molar-refractivity contribution < 1.29 is 4.39 Å². The minimum atomic E-state index is -0.546. The summed E-state index contributed by atoms with van der Waals surface area (Å²) in [6, 6.07) is 0. The normalized spacial score (nSPS) is 10.9. The zero-order valence-electron chi connectivity index (χ0n) is 5.69. The third kappa shape index (κ3) is 1.47. The lowest BCUT2D eigenvalue weighted by Gasteiger charge is -1.93. The SMILES string of the molecule is CC(C)c1nc(F)c(Cl)s1. The van der Waals surface area contributed by atoms with Crippen LogP contribution in [-0.4, -0.2) is 4.98 Å². The maximum Gasteiger partial charge on any atom is 0.242 e. The van der Waals surface area contributed by atoms with E-state index in [1.807, 2.05) is 13.8 Å². The highest BCUT2D eigenvalue weighted by Crippen LogP contribution is 2.27. The molecule has 56 valence electrons. The lowest BCUT2D eigenvalue weighted by atomic mass is 10.2. The van der Waals surface area contributed by atoms with Crippen LogP contribution in [0.25, 0.3) is 0 Å². The molecule has 4 heteroatoms. The van der Waals surface area contributed by atoms with Gasteiger partial charge in [0.25, 0.3) is 0 Å². The van der Waals surface area contributed by atoms with E-state index in [9.17, 15) is 4.39 Å². The van der Waals surface area contributed by atoms with Crippen LogP contribution < -0.4 is 0 Å². The molecule has 0 aliphatic heterocycles.